The van der Waals surface area contributed by atoms with Gasteiger partial charge in [0, 0.05) is 60.7 Å². The molecule has 0 aromatic heterocycles. The van der Waals surface area contributed by atoms with Crippen LogP contribution in [0, 0.1) is 0 Å². The Hall–Kier alpha value is -4.08. The van der Waals surface area contributed by atoms with E-state index in [0.717, 1.165) is 11.3 Å². The maximum absolute atomic E-state index is 12.6. The molecule has 1 atom stereocenters. The van der Waals surface area contributed by atoms with E-state index in [1.165, 1.54) is 7.11 Å². The van der Waals surface area contributed by atoms with Crippen molar-refractivity contribution in [1.29, 1.82) is 0 Å². The molecule has 1 aliphatic rings. The van der Waals surface area contributed by atoms with Gasteiger partial charge in [0.05, 0.1) is 15.7 Å². The van der Waals surface area contributed by atoms with E-state index >= 15 is 0 Å². The van der Waals surface area contributed by atoms with Crippen LogP contribution < -0.4 is 14.4 Å². The lowest BCUT2D eigenvalue weighted by atomic mass is 9.76. The summed E-state index contributed by atoms with van der Waals surface area (Å²) < 4.78 is 16.9. The number of carbonyl (C=O) groups is 2. The Morgan fingerprint density at radius 2 is 1.64 bits per heavy atom. The molecule has 0 amide bonds. The molecule has 2 N–H and O–H groups in total. The highest BCUT2D eigenvalue weighted by molar-refractivity contribution is 6.33. The van der Waals surface area contributed by atoms with Crippen LogP contribution in [0.3, 0.4) is 0 Å². The van der Waals surface area contributed by atoms with Gasteiger partial charge < -0.3 is 29.3 Å². The average molecular weight is 608 g/mol. The van der Waals surface area contributed by atoms with Crippen molar-refractivity contribution < 1.29 is 34.0 Å². The van der Waals surface area contributed by atoms with Gasteiger partial charge in [-0.25, -0.2) is 0 Å². The van der Waals surface area contributed by atoms with Crippen LogP contribution >= 0.6 is 23.2 Å². The SMILES string of the molecule is COCOc1cc2c(cc1Cl)C(O)(c1ccccc1C=O)c1cc(Cl)c(N(C)c3ccc(CCC(=O)O)cc3)cc1O2. The van der Waals surface area contributed by atoms with E-state index in [1.807, 2.05) is 36.2 Å². The van der Waals surface area contributed by atoms with E-state index in [2.05, 4.69) is 0 Å². The van der Waals surface area contributed by atoms with Gasteiger partial charge in [0.15, 0.2) is 6.79 Å². The number of fused-ring (bicyclic) bond motifs is 2. The van der Waals surface area contributed by atoms with Gasteiger partial charge in [-0.05, 0) is 36.2 Å². The Kier molecular flexibility index (Phi) is 8.43. The molecule has 4 aromatic carbocycles. The van der Waals surface area contributed by atoms with Crippen LogP contribution in [0.5, 0.6) is 17.2 Å². The molecule has 10 heteroatoms. The van der Waals surface area contributed by atoms with Crippen molar-refractivity contribution >= 4 is 46.8 Å². The second-order valence-electron chi connectivity index (χ2n) is 9.77. The van der Waals surface area contributed by atoms with Crippen LogP contribution in [0.1, 0.15) is 39.0 Å². The molecule has 0 aliphatic carbocycles. The van der Waals surface area contributed by atoms with Gasteiger partial charge in [-0.3, -0.25) is 9.59 Å². The van der Waals surface area contributed by atoms with Crippen LogP contribution in [0.2, 0.25) is 10.0 Å². The molecule has 0 saturated heterocycles. The van der Waals surface area contributed by atoms with Crippen molar-refractivity contribution in [2.45, 2.75) is 18.4 Å². The Morgan fingerprint density at radius 1 is 0.976 bits per heavy atom. The number of carboxylic acid groups (broad SMARTS) is 1. The third-order valence-corrected chi connectivity index (χ3v) is 7.80. The summed E-state index contributed by atoms with van der Waals surface area (Å²) in [5.74, 6) is 0.0324. The predicted octanol–water partition coefficient (Wildman–Crippen LogP) is 6.96. The van der Waals surface area contributed by atoms with E-state index in [9.17, 15) is 14.7 Å². The summed E-state index contributed by atoms with van der Waals surface area (Å²) in [6, 6.07) is 20.7. The first kappa shape index (κ1) is 29.4. The topological polar surface area (TPSA) is 106 Å². The van der Waals surface area contributed by atoms with Crippen LogP contribution in [0.15, 0.2) is 72.8 Å². The number of aldehydes is 1. The van der Waals surface area contributed by atoms with Crippen LogP contribution in [-0.2, 0) is 21.6 Å². The third kappa shape index (κ3) is 5.42. The number of methoxy groups -OCH3 is 1. The zero-order valence-electron chi connectivity index (χ0n) is 22.8. The molecule has 0 bridgehead atoms. The zero-order chi connectivity index (χ0) is 30.0. The predicted molar refractivity (Wildman–Crippen MR) is 160 cm³/mol. The Labute approximate surface area is 252 Å². The number of hydrogen-bond acceptors (Lipinski definition) is 7. The minimum absolute atomic E-state index is 0.0459. The molecule has 0 saturated carbocycles. The smallest absolute Gasteiger partial charge is 0.303 e. The number of halogens is 2. The fourth-order valence-corrected chi connectivity index (χ4v) is 5.57. The van der Waals surface area contributed by atoms with Crippen molar-refractivity contribution in [3.63, 3.8) is 0 Å². The van der Waals surface area contributed by atoms with E-state index in [1.54, 1.807) is 48.5 Å². The van der Waals surface area contributed by atoms with Crippen molar-refractivity contribution in [1.82, 2.24) is 0 Å². The number of aryl methyl sites for hydroxylation is 1. The minimum Gasteiger partial charge on any atom is -0.481 e. The summed E-state index contributed by atoms with van der Waals surface area (Å²) >= 11 is 13.4. The summed E-state index contributed by atoms with van der Waals surface area (Å²) in [5, 5.41) is 22.1. The number of anilines is 2. The quantitative estimate of drug-likeness (QED) is 0.147. The van der Waals surface area contributed by atoms with Crippen LogP contribution in [0.25, 0.3) is 0 Å². The van der Waals surface area contributed by atoms with Gasteiger partial charge in [-0.15, -0.1) is 0 Å². The van der Waals surface area contributed by atoms with E-state index < -0.39 is 11.6 Å². The van der Waals surface area contributed by atoms with Gasteiger partial charge >= 0.3 is 5.97 Å². The number of carbonyl (C=O) groups excluding carboxylic acids is 1. The number of ether oxygens (including phenoxy) is 3. The average Bonchev–Trinajstić information content (AvgIpc) is 2.99. The second-order valence-corrected chi connectivity index (χ2v) is 10.6. The maximum Gasteiger partial charge on any atom is 0.303 e. The summed E-state index contributed by atoms with van der Waals surface area (Å²) in [6.45, 7) is -0.0486. The molecule has 8 nitrogen and oxygen atoms in total. The van der Waals surface area contributed by atoms with E-state index in [4.69, 9.17) is 42.5 Å². The highest BCUT2D eigenvalue weighted by Gasteiger charge is 2.45. The van der Waals surface area contributed by atoms with Crippen molar-refractivity contribution in [2.24, 2.45) is 0 Å². The number of carboxylic acids is 1. The maximum atomic E-state index is 12.6. The number of aliphatic carboxylic acids is 1. The molecule has 0 spiro atoms. The second kappa shape index (κ2) is 12.0. The first-order valence-electron chi connectivity index (χ1n) is 13.0. The molecule has 0 radical (unpaired) electrons. The van der Waals surface area contributed by atoms with Gasteiger partial charge in [0.1, 0.15) is 29.1 Å². The Morgan fingerprint density at radius 3 is 2.31 bits per heavy atom. The summed E-state index contributed by atoms with van der Waals surface area (Å²) in [7, 11) is 3.32. The van der Waals surface area contributed by atoms with E-state index in [-0.39, 0.29) is 29.5 Å². The lowest BCUT2D eigenvalue weighted by molar-refractivity contribution is -0.136. The molecule has 1 aliphatic heterocycles. The molecule has 42 heavy (non-hydrogen) atoms. The highest BCUT2D eigenvalue weighted by Crippen LogP contribution is 2.54. The lowest BCUT2D eigenvalue weighted by Gasteiger charge is -2.38. The number of aliphatic hydroxyl groups is 1. The molecule has 5 rings (SSSR count). The zero-order valence-corrected chi connectivity index (χ0v) is 24.3. The summed E-state index contributed by atoms with van der Waals surface area (Å²) in [5.41, 5.74) is 1.71. The van der Waals surface area contributed by atoms with Gasteiger partial charge in [-0.1, -0.05) is 59.6 Å². The molecule has 1 unspecified atom stereocenters. The summed E-state index contributed by atoms with van der Waals surface area (Å²) in [4.78, 5) is 24.9. The first-order valence-corrected chi connectivity index (χ1v) is 13.7. The van der Waals surface area contributed by atoms with Crippen molar-refractivity contribution in [3.05, 3.63) is 111 Å². The molecule has 216 valence electrons. The molecule has 1 heterocycles. The third-order valence-electron chi connectivity index (χ3n) is 7.20. The largest absolute Gasteiger partial charge is 0.481 e. The molecule has 4 aromatic rings. The highest BCUT2D eigenvalue weighted by atomic mass is 35.5. The standard InChI is InChI=1S/C32H27Cl2NO7/c1-35(21-10-7-19(8-11-21)9-12-31(37)38)27-15-28-23(13-25(27)33)32(39,22-6-4-3-5-20(22)17-36)24-14-26(34)30(41-18-40-2)16-29(24)42-28/h3-8,10-11,13-17,39H,9,12,18H2,1-2H3,(H,37,38). The molecular formula is C32H27Cl2NO7. The van der Waals surface area contributed by atoms with Crippen molar-refractivity contribution in [3.8, 4) is 17.2 Å². The van der Waals surface area contributed by atoms with Crippen LogP contribution in [-0.4, -0.2) is 43.4 Å². The van der Waals surface area contributed by atoms with Crippen LogP contribution in [0.4, 0.5) is 11.4 Å². The normalized spacial score (nSPS) is 15.3. The first-order chi connectivity index (χ1) is 20.2. The molecule has 0 fully saturated rings. The van der Waals surface area contributed by atoms with Crippen molar-refractivity contribution in [2.75, 3.05) is 25.9 Å². The lowest BCUT2D eigenvalue weighted by Crippen LogP contribution is -2.34. The number of hydrogen-bond donors (Lipinski definition) is 2. The summed E-state index contributed by atoms with van der Waals surface area (Å²) in [6.07, 6.45) is 1.15. The number of rotatable bonds is 10. The fraction of sp³-hybridized carbons (Fsp3) is 0.188. The van der Waals surface area contributed by atoms with Gasteiger partial charge in [0.2, 0.25) is 0 Å². The van der Waals surface area contributed by atoms with E-state index in [0.29, 0.717) is 51.6 Å². The monoisotopic (exact) mass is 607 g/mol. The Bertz CT molecular complexity index is 1660. The number of nitrogens with zero attached hydrogens (tertiary/aromatic N) is 1. The minimum atomic E-state index is -1.85. The Balaban J connectivity index is 1.63. The van der Waals surface area contributed by atoms with Gasteiger partial charge in [-0.2, -0.15) is 0 Å². The number of benzene rings is 4. The van der Waals surface area contributed by atoms with Gasteiger partial charge in [0.25, 0.3) is 0 Å². The molecular weight excluding hydrogens is 581 g/mol. The fourth-order valence-electron chi connectivity index (χ4n) is 5.06.